The van der Waals surface area contributed by atoms with Gasteiger partial charge in [0.05, 0.1) is 23.0 Å². The van der Waals surface area contributed by atoms with E-state index in [0.29, 0.717) is 34.5 Å². The molecule has 0 fully saturated rings. The molecule has 0 aliphatic rings. The first-order valence-electron chi connectivity index (χ1n) is 12.5. The number of pyridine rings is 1. The molecule has 2 N–H and O–H groups in total. The van der Waals surface area contributed by atoms with Crippen molar-refractivity contribution >= 4 is 27.6 Å². The summed E-state index contributed by atoms with van der Waals surface area (Å²) < 4.78 is 3.59. The predicted octanol–water partition coefficient (Wildman–Crippen LogP) is 5.20. The van der Waals surface area contributed by atoms with Crippen LogP contribution >= 0.6 is 0 Å². The number of aromatic nitrogens is 5. The summed E-state index contributed by atoms with van der Waals surface area (Å²) >= 11 is 0. The minimum atomic E-state index is -0.0517. The molecule has 0 radical (unpaired) electrons. The molecule has 0 atom stereocenters. The molecule has 2 aromatic carbocycles. The zero-order chi connectivity index (χ0) is 26.3. The van der Waals surface area contributed by atoms with E-state index >= 15 is 0 Å². The van der Waals surface area contributed by atoms with Crippen molar-refractivity contribution in [2.24, 2.45) is 5.92 Å². The van der Waals surface area contributed by atoms with Crippen LogP contribution in [0.3, 0.4) is 0 Å². The topological polar surface area (TPSA) is 91.6 Å². The molecule has 0 amide bonds. The number of anilines is 1. The SMILES string of the molecule is Cc1cccc2cc(Cn3nc(C#CC(C)C)c4c(N)ncnc43)n(-c3ccccc3C(C)C)c(=O)c12. The van der Waals surface area contributed by atoms with Crippen LogP contribution in [0.25, 0.3) is 27.5 Å². The summed E-state index contributed by atoms with van der Waals surface area (Å²) in [5.74, 6) is 7.05. The van der Waals surface area contributed by atoms with E-state index in [-0.39, 0.29) is 17.4 Å². The van der Waals surface area contributed by atoms with E-state index in [9.17, 15) is 4.79 Å². The summed E-state index contributed by atoms with van der Waals surface area (Å²) in [4.78, 5) is 22.8. The lowest BCUT2D eigenvalue weighted by molar-refractivity contribution is 0.665. The van der Waals surface area contributed by atoms with Crippen LogP contribution in [0.1, 0.15) is 56.1 Å². The second-order valence-corrected chi connectivity index (χ2v) is 9.92. The molecule has 0 saturated heterocycles. The first-order chi connectivity index (χ1) is 17.8. The number of nitrogens with zero attached hydrogens (tertiary/aromatic N) is 5. The van der Waals surface area contributed by atoms with Gasteiger partial charge in [-0.3, -0.25) is 9.36 Å². The second kappa shape index (κ2) is 9.55. The van der Waals surface area contributed by atoms with Crippen molar-refractivity contribution in [3.8, 4) is 17.5 Å². The minimum absolute atomic E-state index is 0.0517. The van der Waals surface area contributed by atoms with E-state index < -0.39 is 0 Å². The average Bonchev–Trinajstić information content (AvgIpc) is 3.21. The highest BCUT2D eigenvalue weighted by Gasteiger charge is 2.20. The largest absolute Gasteiger partial charge is 0.383 e. The van der Waals surface area contributed by atoms with Crippen molar-refractivity contribution in [2.45, 2.75) is 47.1 Å². The molecular formula is C30H30N6O. The Labute approximate surface area is 216 Å². The fourth-order valence-corrected chi connectivity index (χ4v) is 4.74. The Hall–Kier alpha value is -4.44. The van der Waals surface area contributed by atoms with Crippen molar-refractivity contribution < 1.29 is 0 Å². The van der Waals surface area contributed by atoms with Gasteiger partial charge in [-0.2, -0.15) is 5.10 Å². The number of hydrogen-bond acceptors (Lipinski definition) is 5. The van der Waals surface area contributed by atoms with Gasteiger partial charge < -0.3 is 5.73 Å². The molecule has 0 spiro atoms. The van der Waals surface area contributed by atoms with Gasteiger partial charge in [0, 0.05) is 11.6 Å². The molecule has 0 aliphatic heterocycles. The maximum Gasteiger partial charge on any atom is 0.263 e. The maximum absolute atomic E-state index is 14.1. The number of nitrogen functional groups attached to an aromatic ring is 1. The van der Waals surface area contributed by atoms with Crippen molar-refractivity contribution in [3.05, 3.63) is 87.7 Å². The number of aryl methyl sites for hydroxylation is 1. The zero-order valence-electron chi connectivity index (χ0n) is 21.8. The highest BCUT2D eigenvalue weighted by atomic mass is 16.1. The number of benzene rings is 2. The van der Waals surface area contributed by atoms with E-state index in [2.05, 4.69) is 47.8 Å². The van der Waals surface area contributed by atoms with Crippen molar-refractivity contribution in [2.75, 3.05) is 5.73 Å². The molecule has 7 nitrogen and oxygen atoms in total. The van der Waals surface area contributed by atoms with Gasteiger partial charge in [0.2, 0.25) is 0 Å². The third-order valence-electron chi connectivity index (χ3n) is 6.48. The Morgan fingerprint density at radius 2 is 1.78 bits per heavy atom. The summed E-state index contributed by atoms with van der Waals surface area (Å²) in [6.45, 7) is 10.6. The Balaban J connectivity index is 1.80. The Morgan fingerprint density at radius 1 is 1.00 bits per heavy atom. The first-order valence-corrected chi connectivity index (χ1v) is 12.5. The molecule has 0 aliphatic carbocycles. The van der Waals surface area contributed by atoms with Gasteiger partial charge in [0.15, 0.2) is 5.65 Å². The maximum atomic E-state index is 14.1. The van der Waals surface area contributed by atoms with E-state index in [1.807, 2.05) is 61.7 Å². The number of rotatable bonds is 4. The first kappa shape index (κ1) is 24.3. The Morgan fingerprint density at radius 3 is 2.54 bits per heavy atom. The fraction of sp³-hybridized carbons (Fsp3) is 0.267. The van der Waals surface area contributed by atoms with Crippen LogP contribution in [0.15, 0.2) is 59.7 Å². The number of fused-ring (bicyclic) bond motifs is 2. The van der Waals surface area contributed by atoms with Crippen LogP contribution in [0.4, 0.5) is 5.82 Å². The number of para-hydroxylation sites is 1. The molecule has 0 bridgehead atoms. The lowest BCUT2D eigenvalue weighted by Gasteiger charge is -2.20. The zero-order valence-corrected chi connectivity index (χ0v) is 21.8. The average molecular weight is 491 g/mol. The number of hydrogen-bond donors (Lipinski definition) is 1. The molecule has 0 unspecified atom stereocenters. The summed E-state index contributed by atoms with van der Waals surface area (Å²) in [6, 6.07) is 16.1. The molecule has 0 saturated carbocycles. The van der Waals surface area contributed by atoms with Crippen LogP contribution < -0.4 is 11.3 Å². The van der Waals surface area contributed by atoms with Gasteiger partial charge in [0.1, 0.15) is 17.8 Å². The molecule has 5 rings (SSSR count). The van der Waals surface area contributed by atoms with E-state index in [4.69, 9.17) is 10.8 Å². The number of nitrogens with two attached hydrogens (primary N) is 1. The summed E-state index contributed by atoms with van der Waals surface area (Å²) in [7, 11) is 0. The molecule has 3 heterocycles. The van der Waals surface area contributed by atoms with Crippen molar-refractivity contribution in [3.63, 3.8) is 0 Å². The highest BCUT2D eigenvalue weighted by Crippen LogP contribution is 2.27. The van der Waals surface area contributed by atoms with Gasteiger partial charge in [-0.15, -0.1) is 0 Å². The lowest BCUT2D eigenvalue weighted by Crippen LogP contribution is -2.25. The molecule has 5 aromatic rings. The van der Waals surface area contributed by atoms with E-state index in [1.54, 1.807) is 4.68 Å². The van der Waals surface area contributed by atoms with Gasteiger partial charge in [-0.25, -0.2) is 14.6 Å². The molecular weight excluding hydrogens is 460 g/mol. The predicted molar refractivity (Wildman–Crippen MR) is 149 cm³/mol. The van der Waals surface area contributed by atoms with Crippen LogP contribution in [0, 0.1) is 24.7 Å². The van der Waals surface area contributed by atoms with Gasteiger partial charge in [0.25, 0.3) is 5.56 Å². The third-order valence-corrected chi connectivity index (χ3v) is 6.48. The van der Waals surface area contributed by atoms with Crippen molar-refractivity contribution in [1.29, 1.82) is 0 Å². The van der Waals surface area contributed by atoms with Crippen molar-refractivity contribution in [1.82, 2.24) is 24.3 Å². The molecule has 7 heteroatoms. The normalized spacial score (nSPS) is 11.4. The smallest absolute Gasteiger partial charge is 0.263 e. The van der Waals surface area contributed by atoms with E-state index in [1.165, 1.54) is 6.33 Å². The van der Waals surface area contributed by atoms with Gasteiger partial charge in [-0.1, -0.05) is 70.0 Å². The van der Waals surface area contributed by atoms with Crippen LogP contribution in [0.5, 0.6) is 0 Å². The third kappa shape index (κ3) is 4.36. The monoisotopic (exact) mass is 490 g/mol. The summed E-state index contributed by atoms with van der Waals surface area (Å²) in [5.41, 5.74) is 11.0. The highest BCUT2D eigenvalue weighted by molar-refractivity contribution is 5.90. The van der Waals surface area contributed by atoms with Gasteiger partial charge in [-0.05, 0) is 47.4 Å². The minimum Gasteiger partial charge on any atom is -0.383 e. The summed E-state index contributed by atoms with van der Waals surface area (Å²) in [5, 5.41) is 7.02. The summed E-state index contributed by atoms with van der Waals surface area (Å²) in [6.07, 6.45) is 1.43. The van der Waals surface area contributed by atoms with Crippen LogP contribution in [-0.2, 0) is 6.54 Å². The van der Waals surface area contributed by atoms with Crippen LogP contribution in [0.2, 0.25) is 0 Å². The fourth-order valence-electron chi connectivity index (χ4n) is 4.74. The second-order valence-electron chi connectivity index (χ2n) is 9.92. The van der Waals surface area contributed by atoms with Gasteiger partial charge >= 0.3 is 0 Å². The Bertz CT molecular complexity index is 1760. The van der Waals surface area contributed by atoms with Crippen LogP contribution in [-0.4, -0.2) is 24.3 Å². The molecule has 186 valence electrons. The molecule has 37 heavy (non-hydrogen) atoms. The van der Waals surface area contributed by atoms with E-state index in [0.717, 1.165) is 27.9 Å². The standard InChI is InChI=1S/C30H30N6O/c1-18(2)13-14-24-27-28(31)32-17-33-29(27)35(34-24)16-22-15-21-10-8-9-20(5)26(21)30(37)36(22)25-12-7-6-11-23(25)19(3)4/h6-12,15,17-19H,16H2,1-5H3,(H2,31,32,33). The molecule has 3 aromatic heterocycles. The lowest BCUT2D eigenvalue weighted by atomic mass is 10.00. The Kier molecular flexibility index (Phi) is 6.26. The quantitative estimate of drug-likeness (QED) is 0.350.